The number of aromatic nitrogens is 2. The second kappa shape index (κ2) is 6.72. The molecule has 1 aliphatic heterocycles. The maximum absolute atomic E-state index is 13.2. The average molecular weight is 399 g/mol. The van der Waals surface area contributed by atoms with Gasteiger partial charge in [0.05, 0.1) is 32.8 Å². The molecule has 0 radical (unpaired) electrons. The first-order valence-corrected chi connectivity index (χ1v) is 9.43. The topological polar surface area (TPSA) is 105 Å². The zero-order valence-corrected chi connectivity index (χ0v) is 17.2. The summed E-state index contributed by atoms with van der Waals surface area (Å²) in [6.07, 6.45) is 1.12. The maximum atomic E-state index is 13.2. The number of fused-ring (bicyclic) bond motifs is 1. The predicted octanol–water partition coefficient (Wildman–Crippen LogP) is 2.93. The fourth-order valence-electron chi connectivity index (χ4n) is 4.41. The third-order valence-corrected chi connectivity index (χ3v) is 5.64. The van der Waals surface area contributed by atoms with Crippen LogP contribution in [-0.4, -0.2) is 37.3 Å². The number of Topliss-reactive ketones (excluding diaryl/α,β-unsaturated/α-hetero) is 1. The van der Waals surface area contributed by atoms with E-state index >= 15 is 0 Å². The van der Waals surface area contributed by atoms with E-state index in [0.717, 1.165) is 5.70 Å². The molecule has 0 unspecified atom stereocenters. The minimum Gasteiger partial charge on any atom is -0.496 e. The fourth-order valence-corrected chi connectivity index (χ4v) is 4.41. The number of hydrogen-bond acceptors (Lipinski definition) is 6. The summed E-state index contributed by atoms with van der Waals surface area (Å²) in [6, 6.07) is 3.50. The van der Waals surface area contributed by atoms with E-state index in [4.69, 9.17) is 14.2 Å². The van der Waals surface area contributed by atoms with Gasteiger partial charge in [-0.25, -0.2) is 0 Å². The molecule has 2 aliphatic rings. The zero-order chi connectivity index (χ0) is 20.9. The number of ketones is 1. The van der Waals surface area contributed by atoms with E-state index in [1.165, 1.54) is 0 Å². The van der Waals surface area contributed by atoms with Crippen molar-refractivity contribution in [2.75, 3.05) is 26.6 Å². The molecule has 0 bridgehead atoms. The smallest absolute Gasteiger partial charge is 0.270 e. The Hall–Kier alpha value is -3.16. The van der Waals surface area contributed by atoms with Crippen molar-refractivity contribution in [3.05, 3.63) is 44.9 Å². The molecular weight excluding hydrogens is 374 g/mol. The van der Waals surface area contributed by atoms with E-state index in [-0.39, 0.29) is 16.8 Å². The normalized spacial score (nSPS) is 19.9. The minimum absolute atomic E-state index is 0.0248. The van der Waals surface area contributed by atoms with Gasteiger partial charge in [-0.05, 0) is 17.9 Å². The molecule has 8 nitrogen and oxygen atoms in total. The Bertz CT molecular complexity index is 1080. The van der Waals surface area contributed by atoms with Gasteiger partial charge >= 0.3 is 0 Å². The van der Waals surface area contributed by atoms with Gasteiger partial charge in [0, 0.05) is 29.3 Å². The molecule has 1 aromatic heterocycles. The Morgan fingerprint density at radius 3 is 2.24 bits per heavy atom. The van der Waals surface area contributed by atoms with Crippen LogP contribution in [-0.2, 0) is 4.79 Å². The average Bonchev–Trinajstić information content (AvgIpc) is 3.04. The lowest BCUT2D eigenvalue weighted by Gasteiger charge is -2.38. The number of H-pyrrole nitrogens is 2. The Morgan fingerprint density at radius 1 is 0.931 bits per heavy atom. The van der Waals surface area contributed by atoms with Crippen molar-refractivity contribution in [2.24, 2.45) is 5.41 Å². The van der Waals surface area contributed by atoms with Crippen molar-refractivity contribution in [2.45, 2.75) is 32.6 Å². The molecule has 0 spiro atoms. The van der Waals surface area contributed by atoms with Crippen molar-refractivity contribution in [3.8, 4) is 17.2 Å². The van der Waals surface area contributed by atoms with Crippen LogP contribution in [0.4, 0.5) is 5.82 Å². The number of ether oxygens (including phenoxy) is 3. The highest BCUT2D eigenvalue weighted by Gasteiger charge is 2.43. The Labute approximate surface area is 168 Å². The van der Waals surface area contributed by atoms with E-state index in [2.05, 4.69) is 29.4 Å². The molecule has 154 valence electrons. The van der Waals surface area contributed by atoms with Gasteiger partial charge in [0.2, 0.25) is 0 Å². The van der Waals surface area contributed by atoms with Crippen molar-refractivity contribution < 1.29 is 19.0 Å². The summed E-state index contributed by atoms with van der Waals surface area (Å²) in [7, 11) is 4.64. The number of carbonyl (C=O) groups is 1. The number of hydrogen-bond donors (Lipinski definition) is 3. The molecule has 2 heterocycles. The third-order valence-electron chi connectivity index (χ3n) is 5.64. The van der Waals surface area contributed by atoms with E-state index in [1.54, 1.807) is 33.5 Å². The number of nitrogens with one attached hydrogen (secondary N) is 3. The zero-order valence-electron chi connectivity index (χ0n) is 17.2. The number of methoxy groups -OCH3 is 3. The fraction of sp³-hybridized carbons (Fsp3) is 0.429. The first-order valence-electron chi connectivity index (χ1n) is 9.43. The molecule has 0 saturated heterocycles. The molecule has 2 aromatic rings. The number of benzene rings is 1. The van der Waals surface area contributed by atoms with Gasteiger partial charge < -0.3 is 19.5 Å². The van der Waals surface area contributed by atoms with Crippen molar-refractivity contribution in [1.82, 2.24) is 10.2 Å². The van der Waals surface area contributed by atoms with E-state index in [1.807, 2.05) is 0 Å². The molecule has 1 aromatic carbocycles. The number of rotatable bonds is 4. The molecular formula is C21H25N3O5. The van der Waals surface area contributed by atoms with Crippen LogP contribution in [0.2, 0.25) is 0 Å². The highest BCUT2D eigenvalue weighted by molar-refractivity contribution is 6.01. The van der Waals surface area contributed by atoms with Crippen LogP contribution >= 0.6 is 0 Å². The van der Waals surface area contributed by atoms with Gasteiger partial charge in [-0.3, -0.25) is 19.8 Å². The summed E-state index contributed by atoms with van der Waals surface area (Å²) in [6.45, 7) is 4.13. The molecule has 29 heavy (non-hydrogen) atoms. The summed E-state index contributed by atoms with van der Waals surface area (Å²) >= 11 is 0. The highest BCUT2D eigenvalue weighted by atomic mass is 16.5. The van der Waals surface area contributed by atoms with Gasteiger partial charge in [0.15, 0.2) is 17.3 Å². The predicted molar refractivity (Wildman–Crippen MR) is 108 cm³/mol. The lowest BCUT2D eigenvalue weighted by molar-refractivity contribution is -0.118. The van der Waals surface area contributed by atoms with E-state index in [9.17, 15) is 9.59 Å². The summed E-state index contributed by atoms with van der Waals surface area (Å²) in [5.41, 5.74) is 2.13. The van der Waals surface area contributed by atoms with Gasteiger partial charge in [-0.1, -0.05) is 13.8 Å². The molecule has 8 heteroatoms. The standard InChI is InChI=1S/C21H25N3O5/c1-21(2)8-11-17(12(25)9-21)16(18-19(22-11)23-24-20(18)26)10-6-14(28-4)15(29-5)7-13(10)27-3/h6-7,16H,8-9H2,1-5H3,(H3,22,23,24,26)/t16-/m0/s1. The Balaban J connectivity index is 2.00. The van der Waals surface area contributed by atoms with Crippen LogP contribution in [0.25, 0.3) is 0 Å². The first kappa shape index (κ1) is 19.2. The molecule has 0 saturated carbocycles. The maximum Gasteiger partial charge on any atom is 0.270 e. The second-order valence-electron chi connectivity index (χ2n) is 8.21. The van der Waals surface area contributed by atoms with Gasteiger partial charge in [0.25, 0.3) is 5.56 Å². The van der Waals surface area contributed by atoms with Gasteiger partial charge in [-0.15, -0.1) is 0 Å². The minimum atomic E-state index is -0.574. The third kappa shape index (κ3) is 2.99. The van der Waals surface area contributed by atoms with Crippen molar-refractivity contribution in [1.29, 1.82) is 0 Å². The first-order chi connectivity index (χ1) is 13.8. The van der Waals surface area contributed by atoms with Crippen LogP contribution in [0.5, 0.6) is 17.2 Å². The Morgan fingerprint density at radius 2 is 1.59 bits per heavy atom. The van der Waals surface area contributed by atoms with E-state index in [0.29, 0.717) is 52.6 Å². The molecule has 3 N–H and O–H groups in total. The van der Waals surface area contributed by atoms with Crippen LogP contribution in [0.15, 0.2) is 28.2 Å². The Kier molecular flexibility index (Phi) is 4.44. The summed E-state index contributed by atoms with van der Waals surface area (Å²) < 4.78 is 16.5. The van der Waals surface area contributed by atoms with Crippen molar-refractivity contribution in [3.63, 3.8) is 0 Å². The largest absolute Gasteiger partial charge is 0.496 e. The second-order valence-corrected chi connectivity index (χ2v) is 8.21. The highest BCUT2D eigenvalue weighted by Crippen LogP contribution is 2.50. The van der Waals surface area contributed by atoms with Gasteiger partial charge in [0.1, 0.15) is 11.6 Å². The molecule has 0 fully saturated rings. The quantitative estimate of drug-likeness (QED) is 0.730. The van der Waals surface area contributed by atoms with Crippen molar-refractivity contribution >= 4 is 11.6 Å². The number of anilines is 1. The summed E-state index contributed by atoms with van der Waals surface area (Å²) in [5, 5.41) is 8.80. The number of aromatic amines is 2. The SMILES string of the molecule is COc1cc(OC)c([C@H]2C3=C(CC(C)(C)CC3=O)Nc3[nH][nH]c(=O)c32)cc1OC. The summed E-state index contributed by atoms with van der Waals surface area (Å²) in [4.78, 5) is 25.9. The number of carbonyl (C=O) groups excluding carboxylic acids is 1. The van der Waals surface area contributed by atoms with Crippen LogP contribution < -0.4 is 25.1 Å². The lowest BCUT2D eigenvalue weighted by Crippen LogP contribution is -2.35. The lowest BCUT2D eigenvalue weighted by atomic mass is 9.69. The van der Waals surface area contributed by atoms with Gasteiger partial charge in [-0.2, -0.15) is 0 Å². The summed E-state index contributed by atoms with van der Waals surface area (Å²) in [5.74, 6) is 1.55. The molecule has 1 atom stereocenters. The van der Waals surface area contributed by atoms with Crippen LogP contribution in [0.3, 0.4) is 0 Å². The van der Waals surface area contributed by atoms with Crippen LogP contribution in [0, 0.1) is 5.41 Å². The van der Waals surface area contributed by atoms with Crippen LogP contribution in [0.1, 0.15) is 43.7 Å². The molecule has 0 amide bonds. The molecule has 1 aliphatic carbocycles. The monoisotopic (exact) mass is 399 g/mol. The number of allylic oxidation sites excluding steroid dienone is 2. The molecule has 4 rings (SSSR count). The van der Waals surface area contributed by atoms with E-state index < -0.39 is 5.92 Å².